The summed E-state index contributed by atoms with van der Waals surface area (Å²) in [5.74, 6) is 4.23. The second kappa shape index (κ2) is 8.11. The minimum absolute atomic E-state index is 0.00548. The van der Waals surface area contributed by atoms with Gasteiger partial charge in [-0.05, 0) is 30.4 Å². The summed E-state index contributed by atoms with van der Waals surface area (Å²) in [5, 5.41) is 0. The molecule has 0 saturated carbocycles. The van der Waals surface area contributed by atoms with Crippen LogP contribution in [0.5, 0.6) is 0 Å². The van der Waals surface area contributed by atoms with Crippen molar-refractivity contribution < 1.29 is 23.5 Å². The molecular formula is C14H16O5. The molecule has 0 aliphatic heterocycles. The number of rotatable bonds is 6. The Bertz CT molecular complexity index is 464. The topological polar surface area (TPSA) is 65.7 Å². The minimum Gasteiger partial charge on any atom is -0.469 e. The van der Waals surface area contributed by atoms with Gasteiger partial charge in [0.1, 0.15) is 0 Å². The molecule has 1 atom stereocenters. The van der Waals surface area contributed by atoms with E-state index in [0.717, 1.165) is 0 Å². The third-order valence-electron chi connectivity index (χ3n) is 2.51. The van der Waals surface area contributed by atoms with E-state index in [-0.39, 0.29) is 12.2 Å². The van der Waals surface area contributed by atoms with E-state index < -0.39 is 11.9 Å². The molecule has 0 N–H and O–H groups in total. The van der Waals surface area contributed by atoms with E-state index in [9.17, 15) is 9.59 Å². The molecule has 0 aromatic carbocycles. The molecule has 1 rings (SSSR count). The lowest BCUT2D eigenvalue weighted by atomic mass is 9.97. The van der Waals surface area contributed by atoms with E-state index in [1.54, 1.807) is 12.1 Å². The third kappa shape index (κ3) is 5.40. The van der Waals surface area contributed by atoms with Crippen molar-refractivity contribution in [3.8, 4) is 11.8 Å². The van der Waals surface area contributed by atoms with Gasteiger partial charge in [-0.25, -0.2) is 0 Å². The summed E-state index contributed by atoms with van der Waals surface area (Å²) < 4.78 is 14.5. The Kier molecular flexibility index (Phi) is 6.41. The van der Waals surface area contributed by atoms with Gasteiger partial charge in [0, 0.05) is 19.6 Å². The van der Waals surface area contributed by atoms with Crippen molar-refractivity contribution in [3.63, 3.8) is 0 Å². The van der Waals surface area contributed by atoms with Crippen LogP contribution in [0.2, 0.25) is 0 Å². The summed E-state index contributed by atoms with van der Waals surface area (Å²) >= 11 is 0. The van der Waals surface area contributed by atoms with Crippen LogP contribution in [-0.2, 0) is 19.1 Å². The molecule has 0 spiro atoms. The van der Waals surface area contributed by atoms with Gasteiger partial charge < -0.3 is 13.9 Å². The Morgan fingerprint density at radius 3 is 2.79 bits per heavy atom. The van der Waals surface area contributed by atoms with Gasteiger partial charge in [0.15, 0.2) is 5.76 Å². The Hall–Kier alpha value is -2.06. The van der Waals surface area contributed by atoms with Crippen LogP contribution in [0, 0.1) is 17.8 Å². The molecule has 19 heavy (non-hydrogen) atoms. The highest BCUT2D eigenvalue weighted by Gasteiger charge is 2.20. The summed E-state index contributed by atoms with van der Waals surface area (Å²) in [4.78, 5) is 23.2. The highest BCUT2D eigenvalue weighted by molar-refractivity contribution is 5.99. The molecule has 0 aliphatic rings. The van der Waals surface area contributed by atoms with E-state index in [2.05, 4.69) is 16.6 Å². The average molecular weight is 264 g/mol. The monoisotopic (exact) mass is 264 g/mol. The van der Waals surface area contributed by atoms with Crippen LogP contribution >= 0.6 is 0 Å². The first kappa shape index (κ1) is 15.0. The number of furan rings is 1. The van der Waals surface area contributed by atoms with Gasteiger partial charge in [0.05, 0.1) is 19.8 Å². The average Bonchev–Trinajstić information content (AvgIpc) is 2.93. The summed E-state index contributed by atoms with van der Waals surface area (Å²) in [5.41, 5.74) is 0. The summed E-state index contributed by atoms with van der Waals surface area (Å²) in [6.07, 6.45) is 1.91. The highest BCUT2D eigenvalue weighted by atomic mass is 16.5. The lowest BCUT2D eigenvalue weighted by molar-refractivity contribution is -0.143. The lowest BCUT2D eigenvalue weighted by Gasteiger charge is -2.10. The molecule has 1 unspecified atom stereocenters. The second-order valence-corrected chi connectivity index (χ2v) is 3.85. The number of ketones is 1. The number of hydrogen-bond acceptors (Lipinski definition) is 5. The number of ether oxygens (including phenoxy) is 2. The van der Waals surface area contributed by atoms with Gasteiger partial charge in [0.2, 0.25) is 5.78 Å². The van der Waals surface area contributed by atoms with Crippen LogP contribution in [0.4, 0.5) is 0 Å². The first-order valence-corrected chi connectivity index (χ1v) is 5.82. The van der Waals surface area contributed by atoms with Crippen molar-refractivity contribution in [2.75, 3.05) is 20.8 Å². The van der Waals surface area contributed by atoms with Gasteiger partial charge >= 0.3 is 5.97 Å². The molecule has 0 fully saturated rings. The minimum atomic E-state index is -0.519. The maximum Gasteiger partial charge on any atom is 0.306 e. The molecular weight excluding hydrogens is 248 g/mol. The molecule has 0 aliphatic carbocycles. The first-order chi connectivity index (χ1) is 9.17. The first-order valence-electron chi connectivity index (χ1n) is 5.82. The van der Waals surface area contributed by atoms with Gasteiger partial charge in [-0.3, -0.25) is 9.59 Å². The van der Waals surface area contributed by atoms with Crippen LogP contribution in [-0.4, -0.2) is 32.6 Å². The molecule has 102 valence electrons. The van der Waals surface area contributed by atoms with Crippen molar-refractivity contribution in [2.24, 2.45) is 5.92 Å². The summed E-state index contributed by atoms with van der Waals surface area (Å²) in [7, 11) is 2.82. The molecule has 1 heterocycles. The zero-order valence-corrected chi connectivity index (χ0v) is 11.0. The molecule has 0 saturated heterocycles. The quantitative estimate of drug-likeness (QED) is 0.574. The van der Waals surface area contributed by atoms with Gasteiger partial charge in [-0.1, -0.05) is 0 Å². The number of hydrogen-bond donors (Lipinski definition) is 0. The number of esters is 1. The van der Waals surface area contributed by atoms with Crippen molar-refractivity contribution in [3.05, 3.63) is 24.2 Å². The smallest absolute Gasteiger partial charge is 0.306 e. The van der Waals surface area contributed by atoms with E-state index in [1.165, 1.54) is 20.5 Å². The van der Waals surface area contributed by atoms with Gasteiger partial charge in [0.25, 0.3) is 0 Å². The Morgan fingerprint density at radius 2 is 2.21 bits per heavy atom. The molecule has 1 aromatic heterocycles. The molecule has 1 aromatic rings. The molecule has 5 heteroatoms. The zero-order valence-electron chi connectivity index (χ0n) is 11.0. The van der Waals surface area contributed by atoms with E-state index in [1.807, 2.05) is 0 Å². The largest absolute Gasteiger partial charge is 0.469 e. The van der Waals surface area contributed by atoms with Gasteiger partial charge in [-0.15, -0.1) is 0 Å². The fourth-order valence-electron chi connectivity index (χ4n) is 1.45. The van der Waals surface area contributed by atoms with Crippen molar-refractivity contribution in [1.82, 2.24) is 0 Å². The fraction of sp³-hybridized carbons (Fsp3) is 0.429. The van der Waals surface area contributed by atoms with E-state index >= 15 is 0 Å². The number of carbonyl (C=O) groups excluding carboxylic acids is 2. The summed E-state index contributed by atoms with van der Waals surface area (Å²) in [6, 6.07) is 3.34. The molecule has 0 radical (unpaired) electrons. The normalized spacial score (nSPS) is 11.3. The Balaban J connectivity index is 2.67. The number of carbonyl (C=O) groups is 2. The van der Waals surface area contributed by atoms with E-state index in [4.69, 9.17) is 9.15 Å². The van der Waals surface area contributed by atoms with Crippen LogP contribution < -0.4 is 0 Å². The van der Waals surface area contributed by atoms with Gasteiger partial charge in [-0.2, -0.15) is 0 Å². The lowest BCUT2D eigenvalue weighted by Crippen LogP contribution is -2.19. The van der Waals surface area contributed by atoms with Crippen LogP contribution in [0.25, 0.3) is 0 Å². The predicted molar refractivity (Wildman–Crippen MR) is 67.2 cm³/mol. The van der Waals surface area contributed by atoms with Crippen LogP contribution in [0.1, 0.15) is 18.6 Å². The predicted octanol–water partition coefficient (Wildman–Crippen LogP) is 1.42. The number of methoxy groups -OCH3 is 2. The second-order valence-electron chi connectivity index (χ2n) is 3.85. The maximum atomic E-state index is 11.9. The van der Waals surface area contributed by atoms with Crippen LogP contribution in [0.3, 0.4) is 0 Å². The molecule has 0 amide bonds. The van der Waals surface area contributed by atoms with E-state index in [0.29, 0.717) is 18.8 Å². The maximum absolute atomic E-state index is 11.9. The fourth-order valence-corrected chi connectivity index (χ4v) is 1.45. The Morgan fingerprint density at radius 1 is 1.42 bits per heavy atom. The number of Topliss-reactive ketones (excluding diaryl/α,β-unsaturated/α-hetero) is 1. The van der Waals surface area contributed by atoms with Crippen molar-refractivity contribution in [2.45, 2.75) is 12.8 Å². The SMILES string of the molecule is COCCC(CC(=O)OC)C(=O)C#Cc1ccco1. The standard InChI is InChI=1S/C14H16O5/c1-17-9-7-11(10-14(16)18-2)13(15)6-5-12-4-3-8-19-12/h3-4,8,11H,7,9-10H2,1-2H3. The zero-order chi connectivity index (χ0) is 14.1. The Labute approximate surface area is 111 Å². The van der Waals surface area contributed by atoms with Crippen molar-refractivity contribution in [1.29, 1.82) is 0 Å². The molecule has 5 nitrogen and oxygen atoms in total. The molecule has 0 bridgehead atoms. The van der Waals surface area contributed by atoms with Crippen LogP contribution in [0.15, 0.2) is 22.8 Å². The third-order valence-corrected chi connectivity index (χ3v) is 2.51. The van der Waals surface area contributed by atoms with Crippen molar-refractivity contribution >= 4 is 11.8 Å². The summed E-state index contributed by atoms with van der Waals surface area (Å²) in [6.45, 7) is 0.385. The highest BCUT2D eigenvalue weighted by Crippen LogP contribution is 2.11.